The molecule has 2 unspecified atom stereocenters. The zero-order valence-corrected chi connectivity index (χ0v) is 12.6. The van der Waals surface area contributed by atoms with Crippen molar-refractivity contribution < 1.29 is 5.11 Å². The number of aliphatic hydroxyl groups is 1. The molecule has 20 heavy (non-hydrogen) atoms. The van der Waals surface area contributed by atoms with Gasteiger partial charge < -0.3 is 15.0 Å². The third-order valence-electron chi connectivity index (χ3n) is 4.20. The average molecular weight is 279 g/mol. The second-order valence-electron chi connectivity index (χ2n) is 6.35. The molecule has 0 radical (unpaired) electrons. The van der Waals surface area contributed by atoms with E-state index in [0.29, 0.717) is 11.7 Å². The molecule has 1 aromatic heterocycles. The molecular weight excluding hydrogens is 254 g/mol. The molecule has 0 saturated heterocycles. The predicted octanol–water partition coefficient (Wildman–Crippen LogP) is 2.18. The number of nitrogens with zero attached hydrogens (tertiary/aromatic N) is 2. The molecule has 0 aromatic carbocycles. The molecule has 1 saturated carbocycles. The molecule has 2 rings (SSSR count). The Morgan fingerprint density at radius 2 is 2.35 bits per heavy atom. The highest BCUT2D eigenvalue weighted by atomic mass is 16.3. The van der Waals surface area contributed by atoms with Gasteiger partial charge in [0.05, 0.1) is 12.1 Å². The van der Waals surface area contributed by atoms with Gasteiger partial charge in [0.25, 0.3) is 5.56 Å². The summed E-state index contributed by atoms with van der Waals surface area (Å²) in [6.07, 6.45) is 7.35. The van der Waals surface area contributed by atoms with Crippen molar-refractivity contribution in [3.63, 3.8) is 0 Å². The number of aromatic nitrogens is 2. The summed E-state index contributed by atoms with van der Waals surface area (Å²) in [6.45, 7) is 6.16. The van der Waals surface area contributed by atoms with Crippen LogP contribution < -0.4 is 10.9 Å². The van der Waals surface area contributed by atoms with Gasteiger partial charge in [-0.15, -0.1) is 0 Å². The largest absolute Gasteiger partial charge is 0.394 e. The number of aliphatic hydroxyl groups excluding tert-OH is 1. The smallest absolute Gasteiger partial charge is 0.293 e. The van der Waals surface area contributed by atoms with Crippen molar-refractivity contribution in [3.8, 4) is 0 Å². The summed E-state index contributed by atoms with van der Waals surface area (Å²) >= 11 is 0. The Bertz CT molecular complexity index is 512. The van der Waals surface area contributed by atoms with Crippen LogP contribution in [0.5, 0.6) is 0 Å². The first-order valence-corrected chi connectivity index (χ1v) is 7.43. The van der Waals surface area contributed by atoms with E-state index >= 15 is 0 Å². The standard InChI is InChI=1S/C15H25N3O2/c1-11(2)18-8-7-16-13(14(18)20)17-15(10-19)6-4-5-12(3)9-15/h7-8,11-12,19H,4-6,9-10H2,1-3H3,(H,16,17). The van der Waals surface area contributed by atoms with Gasteiger partial charge in [0, 0.05) is 18.4 Å². The minimum atomic E-state index is -0.403. The van der Waals surface area contributed by atoms with Crippen LogP contribution in [-0.2, 0) is 0 Å². The molecule has 0 aliphatic heterocycles. The zero-order chi connectivity index (χ0) is 14.8. The minimum absolute atomic E-state index is 0.0367. The van der Waals surface area contributed by atoms with Crippen molar-refractivity contribution >= 4 is 5.82 Å². The van der Waals surface area contributed by atoms with E-state index in [1.165, 1.54) is 6.42 Å². The molecule has 1 aromatic rings. The van der Waals surface area contributed by atoms with Gasteiger partial charge in [-0.05, 0) is 32.6 Å². The van der Waals surface area contributed by atoms with Crippen molar-refractivity contribution in [1.29, 1.82) is 0 Å². The lowest BCUT2D eigenvalue weighted by atomic mass is 9.77. The maximum atomic E-state index is 12.4. The molecule has 0 amide bonds. The molecular formula is C15H25N3O2. The molecule has 5 nitrogen and oxygen atoms in total. The van der Waals surface area contributed by atoms with Crippen molar-refractivity contribution in [2.75, 3.05) is 11.9 Å². The number of hydrogen-bond donors (Lipinski definition) is 2. The Morgan fingerprint density at radius 1 is 1.60 bits per heavy atom. The normalized spacial score (nSPS) is 26.8. The lowest BCUT2D eigenvalue weighted by molar-refractivity contribution is 0.149. The molecule has 0 spiro atoms. The van der Waals surface area contributed by atoms with Gasteiger partial charge in [-0.25, -0.2) is 4.98 Å². The monoisotopic (exact) mass is 279 g/mol. The fraction of sp³-hybridized carbons (Fsp3) is 0.733. The van der Waals surface area contributed by atoms with Gasteiger partial charge >= 0.3 is 0 Å². The highest BCUT2D eigenvalue weighted by Crippen LogP contribution is 2.33. The van der Waals surface area contributed by atoms with Gasteiger partial charge in [-0.1, -0.05) is 19.8 Å². The number of rotatable bonds is 4. The Kier molecular flexibility index (Phi) is 4.48. The first-order chi connectivity index (χ1) is 9.47. The fourth-order valence-corrected chi connectivity index (χ4v) is 3.13. The topological polar surface area (TPSA) is 67.2 Å². The van der Waals surface area contributed by atoms with Crippen LogP contribution in [0.4, 0.5) is 5.82 Å². The van der Waals surface area contributed by atoms with Gasteiger partial charge in [-0.2, -0.15) is 0 Å². The van der Waals surface area contributed by atoms with Gasteiger partial charge in [-0.3, -0.25) is 4.79 Å². The van der Waals surface area contributed by atoms with Crippen LogP contribution in [0.25, 0.3) is 0 Å². The minimum Gasteiger partial charge on any atom is -0.394 e. The Morgan fingerprint density at radius 3 is 2.95 bits per heavy atom. The Labute approximate surface area is 120 Å². The number of anilines is 1. The molecule has 1 aliphatic carbocycles. The van der Waals surface area contributed by atoms with Crippen molar-refractivity contribution in [2.45, 2.75) is 58.0 Å². The molecule has 2 atom stereocenters. The molecule has 112 valence electrons. The van der Waals surface area contributed by atoms with Crippen LogP contribution in [0.2, 0.25) is 0 Å². The Balaban J connectivity index is 2.28. The summed E-state index contributed by atoms with van der Waals surface area (Å²) in [6, 6.07) is 0.0985. The van der Waals surface area contributed by atoms with E-state index in [-0.39, 0.29) is 18.2 Å². The van der Waals surface area contributed by atoms with E-state index in [1.54, 1.807) is 17.0 Å². The highest BCUT2D eigenvalue weighted by molar-refractivity contribution is 5.35. The van der Waals surface area contributed by atoms with Crippen LogP contribution in [0.3, 0.4) is 0 Å². The summed E-state index contributed by atoms with van der Waals surface area (Å²) in [5.74, 6) is 0.906. The molecule has 0 bridgehead atoms. The van der Waals surface area contributed by atoms with E-state index in [0.717, 1.165) is 19.3 Å². The SMILES string of the molecule is CC1CCCC(CO)(Nc2nccn(C(C)C)c2=O)C1. The maximum absolute atomic E-state index is 12.4. The maximum Gasteiger partial charge on any atom is 0.293 e. The van der Waals surface area contributed by atoms with Gasteiger partial charge in [0.2, 0.25) is 0 Å². The quantitative estimate of drug-likeness (QED) is 0.886. The van der Waals surface area contributed by atoms with E-state index < -0.39 is 5.54 Å². The second-order valence-corrected chi connectivity index (χ2v) is 6.35. The van der Waals surface area contributed by atoms with Crippen molar-refractivity contribution in [2.24, 2.45) is 5.92 Å². The van der Waals surface area contributed by atoms with E-state index in [1.807, 2.05) is 13.8 Å². The third-order valence-corrected chi connectivity index (χ3v) is 4.20. The zero-order valence-electron chi connectivity index (χ0n) is 12.6. The van der Waals surface area contributed by atoms with Crippen molar-refractivity contribution in [3.05, 3.63) is 22.7 Å². The summed E-state index contributed by atoms with van der Waals surface area (Å²) in [7, 11) is 0. The Hall–Kier alpha value is -1.36. The molecule has 5 heteroatoms. The van der Waals surface area contributed by atoms with Crippen LogP contribution in [0, 0.1) is 5.92 Å². The number of hydrogen-bond acceptors (Lipinski definition) is 4. The predicted molar refractivity (Wildman–Crippen MR) is 80.0 cm³/mol. The van der Waals surface area contributed by atoms with Crippen LogP contribution >= 0.6 is 0 Å². The second kappa shape index (κ2) is 5.95. The molecule has 2 N–H and O–H groups in total. The van der Waals surface area contributed by atoms with Crippen molar-refractivity contribution in [1.82, 2.24) is 9.55 Å². The lowest BCUT2D eigenvalue weighted by Crippen LogP contribution is -2.47. The first-order valence-electron chi connectivity index (χ1n) is 7.43. The first kappa shape index (κ1) is 15.0. The summed E-state index contributed by atoms with van der Waals surface area (Å²) in [5.41, 5.74) is -0.520. The summed E-state index contributed by atoms with van der Waals surface area (Å²) < 4.78 is 1.66. The van der Waals surface area contributed by atoms with Crippen LogP contribution in [0.1, 0.15) is 52.5 Å². The van der Waals surface area contributed by atoms with E-state index in [2.05, 4.69) is 17.2 Å². The molecule has 1 heterocycles. The average Bonchev–Trinajstić information content (AvgIpc) is 2.41. The summed E-state index contributed by atoms with van der Waals surface area (Å²) in [4.78, 5) is 16.6. The van der Waals surface area contributed by atoms with Crippen LogP contribution in [0.15, 0.2) is 17.2 Å². The molecule has 1 aliphatic rings. The van der Waals surface area contributed by atoms with Gasteiger partial charge in [0.1, 0.15) is 0 Å². The molecule has 1 fully saturated rings. The van der Waals surface area contributed by atoms with Gasteiger partial charge in [0.15, 0.2) is 5.82 Å². The number of nitrogens with one attached hydrogen (secondary N) is 1. The van der Waals surface area contributed by atoms with E-state index in [4.69, 9.17) is 0 Å². The highest BCUT2D eigenvalue weighted by Gasteiger charge is 2.35. The third kappa shape index (κ3) is 3.03. The van der Waals surface area contributed by atoms with Crippen LogP contribution in [-0.4, -0.2) is 26.8 Å². The summed E-state index contributed by atoms with van der Waals surface area (Å²) in [5, 5.41) is 13.0. The fourth-order valence-electron chi connectivity index (χ4n) is 3.13. The van der Waals surface area contributed by atoms with E-state index in [9.17, 15) is 9.90 Å². The lowest BCUT2D eigenvalue weighted by Gasteiger charge is -2.39.